The zero-order chi connectivity index (χ0) is 12.0. The minimum Gasteiger partial charge on any atom is -0.489 e. The number of ether oxygens (including phenoxy) is 1. The van der Waals surface area contributed by atoms with Gasteiger partial charge < -0.3 is 4.74 Å². The molecule has 0 bridgehead atoms. The molecule has 0 amide bonds. The quantitative estimate of drug-likeness (QED) is 0.531. The van der Waals surface area contributed by atoms with Crippen LogP contribution < -0.4 is 4.74 Å². The summed E-state index contributed by atoms with van der Waals surface area (Å²) in [5.41, 5.74) is 0. The molecule has 1 rings (SSSR count). The molecule has 1 aromatic rings. The summed E-state index contributed by atoms with van der Waals surface area (Å²) in [6.45, 7) is 0.439. The summed E-state index contributed by atoms with van der Waals surface area (Å²) in [7, 11) is 0. The van der Waals surface area contributed by atoms with Gasteiger partial charge in [0.1, 0.15) is 5.82 Å². The standard InChI is InChI=1S/C11H12Br2F2O/c12-4-2-1-3-5-16-11-9(13)6-8(14)7-10(11)15/h6-7H,1-5H2. The van der Waals surface area contributed by atoms with E-state index in [0.29, 0.717) is 11.1 Å². The van der Waals surface area contributed by atoms with E-state index < -0.39 is 11.6 Å². The molecule has 0 unspecified atom stereocenters. The van der Waals surface area contributed by atoms with Crippen molar-refractivity contribution in [2.75, 3.05) is 11.9 Å². The molecule has 0 heterocycles. The highest BCUT2D eigenvalue weighted by Gasteiger charge is 2.10. The zero-order valence-electron chi connectivity index (χ0n) is 8.61. The van der Waals surface area contributed by atoms with E-state index in [1.165, 1.54) is 6.07 Å². The van der Waals surface area contributed by atoms with Crippen LogP contribution in [0, 0.1) is 11.6 Å². The van der Waals surface area contributed by atoms with Crippen LogP contribution >= 0.6 is 31.9 Å². The second-order valence-electron chi connectivity index (χ2n) is 3.30. The van der Waals surface area contributed by atoms with Crippen molar-refractivity contribution < 1.29 is 13.5 Å². The predicted molar refractivity (Wildman–Crippen MR) is 67.2 cm³/mol. The first-order chi connectivity index (χ1) is 7.65. The molecule has 1 nitrogen and oxygen atoms in total. The van der Waals surface area contributed by atoms with Crippen molar-refractivity contribution in [2.45, 2.75) is 19.3 Å². The van der Waals surface area contributed by atoms with Crippen LogP contribution in [0.3, 0.4) is 0 Å². The van der Waals surface area contributed by atoms with E-state index >= 15 is 0 Å². The summed E-state index contributed by atoms with van der Waals surface area (Å²) in [6, 6.07) is 2.01. The van der Waals surface area contributed by atoms with Gasteiger partial charge in [0.15, 0.2) is 11.6 Å². The number of halogens is 4. The maximum absolute atomic E-state index is 13.3. The van der Waals surface area contributed by atoms with Crippen LogP contribution in [-0.4, -0.2) is 11.9 Å². The van der Waals surface area contributed by atoms with Crippen molar-refractivity contribution in [3.05, 3.63) is 28.2 Å². The van der Waals surface area contributed by atoms with E-state index in [1.807, 2.05) is 0 Å². The Hall–Kier alpha value is -0.160. The maximum Gasteiger partial charge on any atom is 0.169 e. The maximum atomic E-state index is 13.3. The molecule has 0 aromatic heterocycles. The Balaban J connectivity index is 2.47. The van der Waals surface area contributed by atoms with E-state index in [2.05, 4.69) is 31.9 Å². The van der Waals surface area contributed by atoms with Crippen LogP contribution in [0.5, 0.6) is 5.75 Å². The molecule has 0 saturated carbocycles. The first-order valence-corrected chi connectivity index (χ1v) is 6.90. The Labute approximate surface area is 110 Å². The number of hydrogen-bond acceptors (Lipinski definition) is 1. The second kappa shape index (κ2) is 7.22. The third-order valence-corrected chi connectivity index (χ3v) is 3.14. The summed E-state index contributed by atoms with van der Waals surface area (Å²) in [5.74, 6) is -1.20. The van der Waals surface area contributed by atoms with Crippen molar-refractivity contribution in [3.8, 4) is 5.75 Å². The van der Waals surface area contributed by atoms with Crippen LogP contribution in [0.1, 0.15) is 19.3 Å². The molecule has 0 aliphatic carbocycles. The van der Waals surface area contributed by atoms with Crippen molar-refractivity contribution in [1.82, 2.24) is 0 Å². The van der Waals surface area contributed by atoms with Gasteiger partial charge in [0.05, 0.1) is 11.1 Å². The molecule has 1 aromatic carbocycles. The Kier molecular flexibility index (Phi) is 6.28. The van der Waals surface area contributed by atoms with Crippen LogP contribution in [-0.2, 0) is 0 Å². The lowest BCUT2D eigenvalue weighted by atomic mass is 10.2. The number of benzene rings is 1. The number of rotatable bonds is 6. The normalized spacial score (nSPS) is 10.5. The van der Waals surface area contributed by atoms with E-state index in [1.54, 1.807) is 0 Å². The predicted octanol–water partition coefficient (Wildman–Crippen LogP) is 4.67. The van der Waals surface area contributed by atoms with Crippen LogP contribution in [0.4, 0.5) is 8.78 Å². The fourth-order valence-electron chi connectivity index (χ4n) is 1.21. The van der Waals surface area contributed by atoms with Crippen molar-refractivity contribution in [3.63, 3.8) is 0 Å². The molecule has 90 valence electrons. The van der Waals surface area contributed by atoms with Gasteiger partial charge in [0, 0.05) is 11.4 Å². The molecule has 0 fully saturated rings. The highest BCUT2D eigenvalue weighted by Crippen LogP contribution is 2.29. The van der Waals surface area contributed by atoms with Gasteiger partial charge in [-0.1, -0.05) is 15.9 Å². The lowest BCUT2D eigenvalue weighted by Gasteiger charge is -2.09. The summed E-state index contributed by atoms with van der Waals surface area (Å²) >= 11 is 6.40. The van der Waals surface area contributed by atoms with Crippen molar-refractivity contribution >= 4 is 31.9 Å². The first-order valence-electron chi connectivity index (χ1n) is 4.98. The Morgan fingerprint density at radius 1 is 1.12 bits per heavy atom. The topological polar surface area (TPSA) is 9.23 Å². The summed E-state index contributed by atoms with van der Waals surface area (Å²) in [4.78, 5) is 0. The van der Waals surface area contributed by atoms with Crippen molar-refractivity contribution in [2.24, 2.45) is 0 Å². The molecule has 0 saturated heterocycles. The van der Waals surface area contributed by atoms with Gasteiger partial charge in [-0.05, 0) is 41.3 Å². The molecule has 0 atom stereocenters. The summed E-state index contributed by atoms with van der Waals surface area (Å²) in [6.07, 6.45) is 2.94. The fraction of sp³-hybridized carbons (Fsp3) is 0.455. The van der Waals surface area contributed by atoms with E-state index in [-0.39, 0.29) is 5.75 Å². The van der Waals surface area contributed by atoms with E-state index in [0.717, 1.165) is 30.7 Å². The molecule has 0 aliphatic rings. The highest BCUT2D eigenvalue weighted by atomic mass is 79.9. The van der Waals surface area contributed by atoms with E-state index in [9.17, 15) is 8.78 Å². The van der Waals surface area contributed by atoms with Gasteiger partial charge in [-0.15, -0.1) is 0 Å². The Bertz CT molecular complexity index is 322. The molecule has 0 aliphatic heterocycles. The van der Waals surface area contributed by atoms with Gasteiger partial charge in [-0.25, -0.2) is 8.78 Å². The average Bonchev–Trinajstić information content (AvgIpc) is 2.20. The van der Waals surface area contributed by atoms with Gasteiger partial charge in [0.2, 0.25) is 0 Å². The third-order valence-electron chi connectivity index (χ3n) is 1.99. The summed E-state index contributed by atoms with van der Waals surface area (Å²) in [5, 5.41) is 0.960. The largest absolute Gasteiger partial charge is 0.489 e. The molecular weight excluding hydrogens is 346 g/mol. The molecular formula is C11H12Br2F2O. The second-order valence-corrected chi connectivity index (χ2v) is 4.94. The minimum atomic E-state index is -0.674. The van der Waals surface area contributed by atoms with Gasteiger partial charge >= 0.3 is 0 Å². The highest BCUT2D eigenvalue weighted by molar-refractivity contribution is 9.10. The number of unbranched alkanes of at least 4 members (excludes halogenated alkanes) is 2. The zero-order valence-corrected chi connectivity index (χ0v) is 11.8. The van der Waals surface area contributed by atoms with Gasteiger partial charge in [-0.2, -0.15) is 0 Å². The molecule has 5 heteroatoms. The van der Waals surface area contributed by atoms with E-state index in [4.69, 9.17) is 4.74 Å². The minimum absolute atomic E-state index is 0.0836. The molecule has 0 radical (unpaired) electrons. The fourth-order valence-corrected chi connectivity index (χ4v) is 2.13. The molecule has 16 heavy (non-hydrogen) atoms. The Morgan fingerprint density at radius 2 is 1.88 bits per heavy atom. The smallest absolute Gasteiger partial charge is 0.169 e. The summed E-state index contributed by atoms with van der Waals surface area (Å²) < 4.78 is 31.6. The SMILES string of the molecule is Fc1cc(F)c(OCCCCCBr)c(Br)c1. The first kappa shape index (κ1) is 13.9. The monoisotopic (exact) mass is 356 g/mol. The number of alkyl halides is 1. The van der Waals surface area contributed by atoms with Crippen molar-refractivity contribution in [1.29, 1.82) is 0 Å². The van der Waals surface area contributed by atoms with Gasteiger partial charge in [0.25, 0.3) is 0 Å². The van der Waals surface area contributed by atoms with Crippen LogP contribution in [0.15, 0.2) is 16.6 Å². The molecule has 0 spiro atoms. The van der Waals surface area contributed by atoms with Crippen LogP contribution in [0.2, 0.25) is 0 Å². The Morgan fingerprint density at radius 3 is 2.50 bits per heavy atom. The van der Waals surface area contributed by atoms with Crippen LogP contribution in [0.25, 0.3) is 0 Å². The lowest BCUT2D eigenvalue weighted by Crippen LogP contribution is -2.00. The van der Waals surface area contributed by atoms with Gasteiger partial charge in [-0.3, -0.25) is 0 Å². The third kappa shape index (κ3) is 4.37. The lowest BCUT2D eigenvalue weighted by molar-refractivity contribution is 0.289. The molecule has 0 N–H and O–H groups in total. The average molecular weight is 358 g/mol. The number of hydrogen-bond donors (Lipinski definition) is 0.